The van der Waals surface area contributed by atoms with Crippen molar-refractivity contribution in [1.29, 1.82) is 0 Å². The molecule has 0 spiro atoms. The molecule has 0 radical (unpaired) electrons. The van der Waals surface area contributed by atoms with E-state index in [-0.39, 0.29) is 6.17 Å². The Hall–Kier alpha value is -1.06. The van der Waals surface area contributed by atoms with Crippen molar-refractivity contribution >= 4 is 0 Å². The van der Waals surface area contributed by atoms with Gasteiger partial charge in [0.25, 0.3) is 0 Å². The Kier molecular flexibility index (Phi) is 4.12. The Labute approximate surface area is 91.8 Å². The maximum Gasteiger partial charge on any atom is 0.122 e. The van der Waals surface area contributed by atoms with Crippen LogP contribution in [0.4, 0.5) is 0 Å². The van der Waals surface area contributed by atoms with Crippen LogP contribution in [-0.4, -0.2) is 21.2 Å². The van der Waals surface area contributed by atoms with E-state index in [0.29, 0.717) is 0 Å². The van der Waals surface area contributed by atoms with Gasteiger partial charge in [-0.3, -0.25) is 0 Å². The number of methoxy groups -OCH3 is 1. The third kappa shape index (κ3) is 2.30. The van der Waals surface area contributed by atoms with Crippen LogP contribution in [0.1, 0.15) is 22.9 Å². The quantitative estimate of drug-likeness (QED) is 0.740. The van der Waals surface area contributed by atoms with Gasteiger partial charge in [-0.15, -0.1) is 0 Å². The monoisotopic (exact) mass is 208 g/mol. The molecule has 0 amide bonds. The SMILES string of the molecule is CNC(NC)c1ccc(OC)c(C)c1C. The summed E-state index contributed by atoms with van der Waals surface area (Å²) in [7, 11) is 5.59. The second kappa shape index (κ2) is 5.14. The highest BCUT2D eigenvalue weighted by Crippen LogP contribution is 2.26. The lowest BCUT2D eigenvalue weighted by molar-refractivity contribution is 0.410. The zero-order chi connectivity index (χ0) is 11.4. The highest BCUT2D eigenvalue weighted by molar-refractivity contribution is 5.44. The van der Waals surface area contributed by atoms with Crippen LogP contribution in [0.5, 0.6) is 5.75 Å². The minimum atomic E-state index is 0.189. The van der Waals surface area contributed by atoms with Gasteiger partial charge in [0.1, 0.15) is 5.75 Å². The van der Waals surface area contributed by atoms with Crippen molar-refractivity contribution < 1.29 is 4.74 Å². The molecular weight excluding hydrogens is 188 g/mol. The Morgan fingerprint density at radius 1 is 1.07 bits per heavy atom. The molecule has 0 aromatic heterocycles. The summed E-state index contributed by atoms with van der Waals surface area (Å²) in [6.45, 7) is 4.20. The smallest absolute Gasteiger partial charge is 0.122 e. The number of hydrogen-bond acceptors (Lipinski definition) is 3. The molecule has 0 heterocycles. The van der Waals surface area contributed by atoms with Crippen molar-refractivity contribution in [3.8, 4) is 5.75 Å². The van der Waals surface area contributed by atoms with Crippen molar-refractivity contribution in [2.45, 2.75) is 20.0 Å². The number of ether oxygens (including phenoxy) is 1. The minimum Gasteiger partial charge on any atom is -0.496 e. The topological polar surface area (TPSA) is 33.3 Å². The van der Waals surface area contributed by atoms with E-state index >= 15 is 0 Å². The molecule has 1 aromatic carbocycles. The second-order valence-corrected chi connectivity index (χ2v) is 3.62. The van der Waals surface area contributed by atoms with E-state index in [2.05, 4.69) is 30.5 Å². The molecule has 0 aliphatic carbocycles. The molecule has 0 aliphatic heterocycles. The second-order valence-electron chi connectivity index (χ2n) is 3.62. The molecule has 1 rings (SSSR count). The molecule has 0 saturated heterocycles. The van der Waals surface area contributed by atoms with Gasteiger partial charge in [-0.2, -0.15) is 0 Å². The number of nitrogens with one attached hydrogen (secondary N) is 2. The zero-order valence-electron chi connectivity index (χ0n) is 10.1. The molecule has 84 valence electrons. The lowest BCUT2D eigenvalue weighted by atomic mass is 10.0. The molecule has 0 bridgehead atoms. The predicted octanol–water partition coefficient (Wildman–Crippen LogP) is 1.75. The Morgan fingerprint density at radius 3 is 2.13 bits per heavy atom. The molecule has 3 heteroatoms. The molecule has 2 N–H and O–H groups in total. The first-order chi connectivity index (χ1) is 7.15. The fraction of sp³-hybridized carbons (Fsp3) is 0.500. The fourth-order valence-corrected chi connectivity index (χ4v) is 1.81. The summed E-state index contributed by atoms with van der Waals surface area (Å²) in [6, 6.07) is 4.11. The summed E-state index contributed by atoms with van der Waals surface area (Å²) in [4.78, 5) is 0. The average molecular weight is 208 g/mol. The fourth-order valence-electron chi connectivity index (χ4n) is 1.81. The van der Waals surface area contributed by atoms with E-state index < -0.39 is 0 Å². The van der Waals surface area contributed by atoms with E-state index in [1.165, 1.54) is 16.7 Å². The van der Waals surface area contributed by atoms with Crippen LogP contribution in [0.3, 0.4) is 0 Å². The first-order valence-corrected chi connectivity index (χ1v) is 5.14. The summed E-state index contributed by atoms with van der Waals surface area (Å²) < 4.78 is 5.29. The van der Waals surface area contributed by atoms with Crippen molar-refractivity contribution in [3.05, 3.63) is 28.8 Å². The molecule has 0 saturated carbocycles. The first kappa shape index (κ1) is 12.0. The van der Waals surface area contributed by atoms with Crippen LogP contribution >= 0.6 is 0 Å². The Balaban J connectivity index is 3.16. The largest absolute Gasteiger partial charge is 0.496 e. The third-order valence-electron chi connectivity index (χ3n) is 2.89. The van der Waals surface area contributed by atoms with Crippen LogP contribution < -0.4 is 15.4 Å². The summed E-state index contributed by atoms with van der Waals surface area (Å²) in [5, 5.41) is 6.44. The highest BCUT2D eigenvalue weighted by Gasteiger charge is 2.12. The van der Waals surface area contributed by atoms with Gasteiger partial charge >= 0.3 is 0 Å². The lowest BCUT2D eigenvalue weighted by Crippen LogP contribution is -2.29. The van der Waals surface area contributed by atoms with E-state index in [1.54, 1.807) is 7.11 Å². The molecular formula is C12H20N2O. The Morgan fingerprint density at radius 2 is 1.67 bits per heavy atom. The highest BCUT2D eigenvalue weighted by atomic mass is 16.5. The first-order valence-electron chi connectivity index (χ1n) is 5.14. The van der Waals surface area contributed by atoms with Crippen molar-refractivity contribution in [1.82, 2.24) is 10.6 Å². The third-order valence-corrected chi connectivity index (χ3v) is 2.89. The molecule has 3 nitrogen and oxygen atoms in total. The molecule has 0 aliphatic rings. The molecule has 0 atom stereocenters. The van der Waals surface area contributed by atoms with E-state index in [9.17, 15) is 0 Å². The van der Waals surface area contributed by atoms with Crippen LogP contribution in [0.2, 0.25) is 0 Å². The normalized spacial score (nSPS) is 10.8. The summed E-state index contributed by atoms with van der Waals surface area (Å²) in [5.74, 6) is 0.946. The lowest BCUT2D eigenvalue weighted by Gasteiger charge is -2.20. The van der Waals surface area contributed by atoms with Crippen molar-refractivity contribution in [2.75, 3.05) is 21.2 Å². The van der Waals surface area contributed by atoms with E-state index in [0.717, 1.165) is 5.75 Å². The minimum absolute atomic E-state index is 0.189. The zero-order valence-corrected chi connectivity index (χ0v) is 10.1. The number of hydrogen-bond donors (Lipinski definition) is 2. The van der Waals surface area contributed by atoms with Gasteiger partial charge in [-0.05, 0) is 50.7 Å². The van der Waals surface area contributed by atoms with Gasteiger partial charge in [0.2, 0.25) is 0 Å². The Bertz CT molecular complexity index is 333. The maximum absolute atomic E-state index is 5.29. The van der Waals surface area contributed by atoms with Gasteiger partial charge in [0.15, 0.2) is 0 Å². The van der Waals surface area contributed by atoms with Crippen LogP contribution in [0.15, 0.2) is 12.1 Å². The average Bonchev–Trinajstić information content (AvgIpc) is 2.26. The number of rotatable bonds is 4. The van der Waals surface area contributed by atoms with Gasteiger partial charge < -0.3 is 15.4 Å². The van der Waals surface area contributed by atoms with Gasteiger partial charge in [0, 0.05) is 0 Å². The summed E-state index contributed by atoms with van der Waals surface area (Å²) in [6.07, 6.45) is 0.189. The van der Waals surface area contributed by atoms with Crippen molar-refractivity contribution in [2.24, 2.45) is 0 Å². The van der Waals surface area contributed by atoms with Gasteiger partial charge in [-0.25, -0.2) is 0 Å². The van der Waals surface area contributed by atoms with Crippen LogP contribution in [-0.2, 0) is 0 Å². The summed E-state index contributed by atoms with van der Waals surface area (Å²) in [5.41, 5.74) is 3.73. The van der Waals surface area contributed by atoms with E-state index in [1.807, 2.05) is 20.2 Å². The maximum atomic E-state index is 5.29. The molecule has 15 heavy (non-hydrogen) atoms. The van der Waals surface area contributed by atoms with E-state index in [4.69, 9.17) is 4.74 Å². The predicted molar refractivity (Wildman–Crippen MR) is 63.3 cm³/mol. The summed E-state index contributed by atoms with van der Waals surface area (Å²) >= 11 is 0. The number of benzene rings is 1. The van der Waals surface area contributed by atoms with Crippen molar-refractivity contribution in [3.63, 3.8) is 0 Å². The van der Waals surface area contributed by atoms with Crippen LogP contribution in [0, 0.1) is 13.8 Å². The van der Waals surface area contributed by atoms with Crippen LogP contribution in [0.25, 0.3) is 0 Å². The standard InChI is InChI=1S/C12H20N2O/c1-8-9(2)11(15-5)7-6-10(8)12(13-3)14-4/h6-7,12-14H,1-5H3. The van der Waals surface area contributed by atoms with Gasteiger partial charge in [-0.1, -0.05) is 6.07 Å². The van der Waals surface area contributed by atoms with Gasteiger partial charge in [0.05, 0.1) is 13.3 Å². The molecule has 0 unspecified atom stereocenters. The molecule has 0 fully saturated rings. The molecule has 1 aromatic rings.